The molecule has 0 heterocycles. The van der Waals surface area contributed by atoms with Crippen LogP contribution >= 0.6 is 0 Å². The zero-order valence-corrected chi connectivity index (χ0v) is 8.32. The van der Waals surface area contributed by atoms with Gasteiger partial charge in [0.05, 0.1) is 5.92 Å². The Morgan fingerprint density at radius 2 is 1.93 bits per heavy atom. The van der Waals surface area contributed by atoms with Crippen molar-refractivity contribution in [2.24, 2.45) is 11.8 Å². The summed E-state index contributed by atoms with van der Waals surface area (Å²) >= 11 is 0. The number of carbonyl (C=O) groups is 1. The number of halogens is 1. The van der Waals surface area contributed by atoms with Gasteiger partial charge in [-0.1, -0.05) is 12.1 Å². The van der Waals surface area contributed by atoms with Crippen LogP contribution in [0.1, 0.15) is 18.4 Å². The number of benzene rings is 1. The Balaban J connectivity index is 1.85. The third-order valence-corrected chi connectivity index (χ3v) is 3.02. The maximum Gasteiger partial charge on any atom is 0.306 e. The monoisotopic (exact) mass is 208 g/mol. The zero-order chi connectivity index (χ0) is 10.8. The van der Waals surface area contributed by atoms with Crippen molar-refractivity contribution >= 4 is 5.97 Å². The molecule has 0 aromatic heterocycles. The Morgan fingerprint density at radius 3 is 2.47 bits per heavy atom. The van der Waals surface area contributed by atoms with Crippen molar-refractivity contribution in [2.45, 2.75) is 19.3 Å². The van der Waals surface area contributed by atoms with E-state index in [0.29, 0.717) is 5.92 Å². The van der Waals surface area contributed by atoms with E-state index in [1.54, 1.807) is 12.1 Å². The van der Waals surface area contributed by atoms with Gasteiger partial charge in [-0.05, 0) is 42.9 Å². The first kappa shape index (κ1) is 10.1. The van der Waals surface area contributed by atoms with E-state index in [4.69, 9.17) is 5.11 Å². The van der Waals surface area contributed by atoms with E-state index in [0.717, 1.165) is 24.8 Å². The minimum Gasteiger partial charge on any atom is -0.481 e. The molecule has 0 unspecified atom stereocenters. The molecule has 0 bridgehead atoms. The molecule has 0 spiro atoms. The molecule has 1 fully saturated rings. The van der Waals surface area contributed by atoms with Crippen LogP contribution in [0.4, 0.5) is 4.39 Å². The Bertz CT molecular complexity index is 352. The fraction of sp³-hybridized carbons (Fsp3) is 0.417. The van der Waals surface area contributed by atoms with Gasteiger partial charge in [0.15, 0.2) is 0 Å². The predicted molar refractivity (Wildman–Crippen MR) is 54.0 cm³/mol. The first-order chi connectivity index (χ1) is 7.15. The zero-order valence-electron chi connectivity index (χ0n) is 8.32. The summed E-state index contributed by atoms with van der Waals surface area (Å²) in [6, 6.07) is 6.43. The van der Waals surface area contributed by atoms with Crippen LogP contribution in [0.15, 0.2) is 24.3 Å². The van der Waals surface area contributed by atoms with Gasteiger partial charge in [-0.15, -0.1) is 0 Å². The molecule has 2 rings (SSSR count). The fourth-order valence-corrected chi connectivity index (χ4v) is 2.06. The van der Waals surface area contributed by atoms with Crippen molar-refractivity contribution < 1.29 is 14.3 Å². The van der Waals surface area contributed by atoms with Gasteiger partial charge in [0.25, 0.3) is 0 Å². The topological polar surface area (TPSA) is 37.3 Å². The average molecular weight is 208 g/mol. The summed E-state index contributed by atoms with van der Waals surface area (Å²) in [4.78, 5) is 10.6. The van der Waals surface area contributed by atoms with Gasteiger partial charge in [-0.3, -0.25) is 4.79 Å². The Hall–Kier alpha value is -1.38. The van der Waals surface area contributed by atoms with Crippen molar-refractivity contribution in [3.05, 3.63) is 35.6 Å². The summed E-state index contributed by atoms with van der Waals surface area (Å²) in [5.41, 5.74) is 1.09. The smallest absolute Gasteiger partial charge is 0.306 e. The highest BCUT2D eigenvalue weighted by Crippen LogP contribution is 2.36. The van der Waals surface area contributed by atoms with E-state index >= 15 is 0 Å². The number of carboxylic acid groups (broad SMARTS) is 1. The van der Waals surface area contributed by atoms with Crippen LogP contribution in [0.25, 0.3) is 0 Å². The van der Waals surface area contributed by atoms with E-state index in [9.17, 15) is 9.18 Å². The summed E-state index contributed by atoms with van der Waals surface area (Å²) in [5.74, 6) is -0.617. The van der Waals surface area contributed by atoms with Crippen molar-refractivity contribution in [3.8, 4) is 0 Å². The lowest BCUT2D eigenvalue weighted by Gasteiger charge is -2.32. The summed E-state index contributed by atoms with van der Waals surface area (Å²) in [6.45, 7) is 0. The maximum atomic E-state index is 12.6. The Morgan fingerprint density at radius 1 is 1.33 bits per heavy atom. The van der Waals surface area contributed by atoms with Gasteiger partial charge in [-0.2, -0.15) is 0 Å². The number of hydrogen-bond acceptors (Lipinski definition) is 1. The molecule has 3 heteroatoms. The third kappa shape index (κ3) is 2.35. The van der Waals surface area contributed by atoms with E-state index in [2.05, 4.69) is 0 Å². The molecule has 0 aliphatic heterocycles. The van der Waals surface area contributed by atoms with Crippen LogP contribution in [-0.4, -0.2) is 11.1 Å². The highest BCUT2D eigenvalue weighted by molar-refractivity contribution is 5.71. The van der Waals surface area contributed by atoms with Crippen molar-refractivity contribution in [1.82, 2.24) is 0 Å². The van der Waals surface area contributed by atoms with Gasteiger partial charge in [0.2, 0.25) is 0 Å². The minimum absolute atomic E-state index is 0.157. The largest absolute Gasteiger partial charge is 0.481 e. The van der Waals surface area contributed by atoms with E-state index in [-0.39, 0.29) is 11.7 Å². The van der Waals surface area contributed by atoms with Crippen LogP contribution in [0.5, 0.6) is 0 Å². The fourth-order valence-electron chi connectivity index (χ4n) is 2.06. The van der Waals surface area contributed by atoms with Crippen molar-refractivity contribution in [1.29, 1.82) is 0 Å². The van der Waals surface area contributed by atoms with Gasteiger partial charge in [0.1, 0.15) is 5.82 Å². The van der Waals surface area contributed by atoms with Crippen molar-refractivity contribution in [2.75, 3.05) is 0 Å². The molecule has 80 valence electrons. The predicted octanol–water partition coefficient (Wildman–Crippen LogP) is 2.48. The quantitative estimate of drug-likeness (QED) is 0.828. The van der Waals surface area contributed by atoms with Gasteiger partial charge in [-0.25, -0.2) is 4.39 Å². The highest BCUT2D eigenvalue weighted by Gasteiger charge is 2.33. The minimum atomic E-state index is -0.689. The molecular weight excluding hydrogens is 195 g/mol. The standard InChI is InChI=1S/C12H13FO2/c13-11-3-1-8(2-4-11)5-9-6-10(7-9)12(14)15/h1-4,9-10H,5-7H2,(H,14,15). The second-order valence-corrected chi connectivity index (χ2v) is 4.20. The summed E-state index contributed by atoms with van der Waals surface area (Å²) in [6.07, 6.45) is 2.38. The lowest BCUT2D eigenvalue weighted by Crippen LogP contribution is -2.31. The van der Waals surface area contributed by atoms with Crippen LogP contribution < -0.4 is 0 Å². The van der Waals surface area contributed by atoms with Gasteiger partial charge in [0, 0.05) is 0 Å². The highest BCUT2D eigenvalue weighted by atomic mass is 19.1. The van der Waals surface area contributed by atoms with Crippen LogP contribution in [0, 0.1) is 17.7 Å². The molecular formula is C12H13FO2. The van der Waals surface area contributed by atoms with E-state index < -0.39 is 5.97 Å². The lowest BCUT2D eigenvalue weighted by atomic mass is 9.72. The number of hydrogen-bond donors (Lipinski definition) is 1. The Kier molecular flexibility index (Phi) is 2.71. The lowest BCUT2D eigenvalue weighted by molar-refractivity contribution is -0.146. The second kappa shape index (κ2) is 4.01. The third-order valence-electron chi connectivity index (χ3n) is 3.02. The molecule has 1 aliphatic rings. The molecule has 15 heavy (non-hydrogen) atoms. The molecule has 1 aromatic rings. The molecule has 1 saturated carbocycles. The first-order valence-electron chi connectivity index (χ1n) is 5.12. The van der Waals surface area contributed by atoms with Crippen molar-refractivity contribution in [3.63, 3.8) is 0 Å². The molecule has 0 amide bonds. The summed E-state index contributed by atoms with van der Waals surface area (Å²) in [5, 5.41) is 8.70. The normalized spacial score (nSPS) is 24.6. The molecule has 1 N–H and O–H groups in total. The van der Waals surface area contributed by atoms with Gasteiger partial charge >= 0.3 is 5.97 Å². The second-order valence-electron chi connectivity index (χ2n) is 4.20. The molecule has 0 atom stereocenters. The molecule has 1 aliphatic carbocycles. The molecule has 0 radical (unpaired) electrons. The number of carboxylic acids is 1. The average Bonchev–Trinajstić information content (AvgIpc) is 2.13. The van der Waals surface area contributed by atoms with Gasteiger partial charge < -0.3 is 5.11 Å². The van der Waals surface area contributed by atoms with Crippen LogP contribution in [0.2, 0.25) is 0 Å². The number of aliphatic carboxylic acids is 1. The SMILES string of the molecule is O=C(O)C1CC(Cc2ccc(F)cc2)C1. The maximum absolute atomic E-state index is 12.6. The summed E-state index contributed by atoms with van der Waals surface area (Å²) in [7, 11) is 0. The van der Waals surface area contributed by atoms with Crippen LogP contribution in [0.3, 0.4) is 0 Å². The van der Waals surface area contributed by atoms with E-state index in [1.807, 2.05) is 0 Å². The number of rotatable bonds is 3. The van der Waals surface area contributed by atoms with E-state index in [1.165, 1.54) is 12.1 Å². The van der Waals surface area contributed by atoms with Crippen LogP contribution in [-0.2, 0) is 11.2 Å². The molecule has 1 aromatic carbocycles. The Labute approximate surface area is 87.7 Å². The first-order valence-corrected chi connectivity index (χ1v) is 5.12. The summed E-state index contributed by atoms with van der Waals surface area (Å²) < 4.78 is 12.6. The molecule has 0 saturated heterocycles. The molecule has 2 nitrogen and oxygen atoms in total.